The number of carbonyl (C=O) groups is 1. The van der Waals surface area contributed by atoms with Gasteiger partial charge in [0.1, 0.15) is 17.3 Å². The molecule has 6 heteroatoms. The van der Waals surface area contributed by atoms with Crippen molar-refractivity contribution in [1.82, 2.24) is 0 Å². The van der Waals surface area contributed by atoms with Crippen molar-refractivity contribution in [2.24, 2.45) is 5.92 Å². The van der Waals surface area contributed by atoms with Crippen LogP contribution < -0.4 is 0 Å². The van der Waals surface area contributed by atoms with E-state index in [1.165, 1.54) is 0 Å². The molecule has 2 spiro atoms. The molecular weight excluding hydrogens is 300 g/mol. The summed E-state index contributed by atoms with van der Waals surface area (Å²) in [5.74, 6) is -0.364. The van der Waals surface area contributed by atoms with Crippen LogP contribution in [0.25, 0.3) is 0 Å². The predicted octanol–water partition coefficient (Wildman–Crippen LogP) is 2.84. The van der Waals surface area contributed by atoms with Gasteiger partial charge in [-0.1, -0.05) is 19.3 Å². The number of rotatable bonds is 2. The van der Waals surface area contributed by atoms with Gasteiger partial charge < -0.3 is 4.74 Å². The molecule has 0 bridgehead atoms. The van der Waals surface area contributed by atoms with E-state index in [0.29, 0.717) is 13.2 Å². The number of esters is 1. The number of hydrogen-bond acceptors (Lipinski definition) is 6. The van der Waals surface area contributed by atoms with Gasteiger partial charge >= 0.3 is 5.97 Å². The molecule has 0 aromatic rings. The zero-order valence-electron chi connectivity index (χ0n) is 13.6. The fourth-order valence-corrected chi connectivity index (χ4v) is 4.72. The van der Waals surface area contributed by atoms with Crippen LogP contribution in [-0.2, 0) is 29.1 Å². The van der Waals surface area contributed by atoms with Crippen molar-refractivity contribution < 1.29 is 29.1 Å². The first-order valence-corrected chi connectivity index (χ1v) is 9.06. The van der Waals surface area contributed by atoms with Gasteiger partial charge in [0.25, 0.3) is 0 Å². The second-order valence-electron chi connectivity index (χ2n) is 7.41. The minimum Gasteiger partial charge on any atom is -0.459 e. The molecule has 2 aliphatic heterocycles. The largest absolute Gasteiger partial charge is 0.459 e. The van der Waals surface area contributed by atoms with Crippen LogP contribution >= 0.6 is 0 Å². The van der Waals surface area contributed by atoms with Crippen LogP contribution in [0.4, 0.5) is 0 Å². The first-order valence-electron chi connectivity index (χ1n) is 9.06. The molecule has 2 heterocycles. The van der Waals surface area contributed by atoms with E-state index in [1.54, 1.807) is 0 Å². The molecule has 4 atom stereocenters. The molecule has 0 aromatic heterocycles. The quantitative estimate of drug-likeness (QED) is 0.574. The lowest BCUT2D eigenvalue weighted by atomic mass is 9.73. The van der Waals surface area contributed by atoms with E-state index >= 15 is 0 Å². The minimum absolute atomic E-state index is 0.142. The van der Waals surface area contributed by atoms with Crippen molar-refractivity contribution in [3.63, 3.8) is 0 Å². The average Bonchev–Trinajstić information content (AvgIpc) is 3.21. The molecule has 0 N–H and O–H groups in total. The fraction of sp³-hybridized carbons (Fsp3) is 0.941. The van der Waals surface area contributed by atoms with Crippen LogP contribution in [0.5, 0.6) is 0 Å². The highest BCUT2D eigenvalue weighted by atomic mass is 17.2. The maximum atomic E-state index is 12.9. The summed E-state index contributed by atoms with van der Waals surface area (Å²) >= 11 is 0. The average molecular weight is 326 g/mol. The van der Waals surface area contributed by atoms with E-state index in [4.69, 9.17) is 24.3 Å². The van der Waals surface area contributed by atoms with Crippen LogP contribution in [0, 0.1) is 5.92 Å². The maximum absolute atomic E-state index is 12.9. The third-order valence-electron chi connectivity index (χ3n) is 6.09. The smallest absolute Gasteiger partial charge is 0.312 e. The van der Waals surface area contributed by atoms with E-state index in [-0.39, 0.29) is 18.0 Å². The first-order chi connectivity index (χ1) is 11.2. The van der Waals surface area contributed by atoms with Crippen molar-refractivity contribution in [3.05, 3.63) is 0 Å². The predicted molar refractivity (Wildman–Crippen MR) is 79.1 cm³/mol. The van der Waals surface area contributed by atoms with Crippen LogP contribution in [-0.4, -0.2) is 36.5 Å². The zero-order valence-corrected chi connectivity index (χ0v) is 13.6. The van der Waals surface area contributed by atoms with Gasteiger partial charge in [0.05, 0.1) is 19.1 Å². The fourth-order valence-electron chi connectivity index (χ4n) is 4.72. The Labute approximate surface area is 136 Å². The van der Waals surface area contributed by atoms with E-state index in [2.05, 4.69) is 0 Å². The summed E-state index contributed by atoms with van der Waals surface area (Å²) in [6.07, 6.45) is 9.13. The molecule has 23 heavy (non-hydrogen) atoms. The van der Waals surface area contributed by atoms with Crippen molar-refractivity contribution in [2.45, 2.75) is 81.5 Å². The van der Waals surface area contributed by atoms with E-state index in [0.717, 1.165) is 64.2 Å². The molecule has 0 radical (unpaired) electrons. The highest BCUT2D eigenvalue weighted by Crippen LogP contribution is 2.45. The standard InChI is InChI=1S/C17H26O6/c18-15(13-5-1-3-7-16(13)9-11-19-22-16)21-14-6-2-4-8-17(14)10-12-20-23-17/h13-14H,1-12H2. The summed E-state index contributed by atoms with van der Waals surface area (Å²) in [6.45, 7) is 1.15. The highest BCUT2D eigenvalue weighted by molar-refractivity contribution is 5.74. The molecule has 2 saturated heterocycles. The molecule has 2 aliphatic carbocycles. The lowest BCUT2D eigenvalue weighted by Crippen LogP contribution is -2.51. The Morgan fingerprint density at radius 3 is 2.17 bits per heavy atom. The zero-order chi connectivity index (χ0) is 15.8. The van der Waals surface area contributed by atoms with Gasteiger partial charge in [-0.25, -0.2) is 19.6 Å². The van der Waals surface area contributed by atoms with Gasteiger partial charge in [0, 0.05) is 12.8 Å². The SMILES string of the molecule is O=C(OC1CCCCC12CCOO2)C1CCCCC12CCOO2. The van der Waals surface area contributed by atoms with Crippen LogP contribution in [0.15, 0.2) is 0 Å². The van der Waals surface area contributed by atoms with Gasteiger partial charge in [-0.3, -0.25) is 4.79 Å². The number of carbonyl (C=O) groups excluding carboxylic acids is 1. The minimum atomic E-state index is -0.468. The summed E-state index contributed by atoms with van der Waals surface area (Å²) in [6, 6.07) is 0. The molecule has 0 aromatic carbocycles. The van der Waals surface area contributed by atoms with E-state index < -0.39 is 11.2 Å². The molecule has 4 aliphatic rings. The second-order valence-corrected chi connectivity index (χ2v) is 7.41. The molecule has 4 rings (SSSR count). The summed E-state index contributed by atoms with van der Waals surface area (Å²) in [5.41, 5.74) is -0.896. The highest BCUT2D eigenvalue weighted by Gasteiger charge is 2.53. The van der Waals surface area contributed by atoms with Crippen LogP contribution in [0.1, 0.15) is 64.2 Å². The summed E-state index contributed by atoms with van der Waals surface area (Å²) in [7, 11) is 0. The molecule has 4 unspecified atom stereocenters. The molecule has 4 fully saturated rings. The third-order valence-corrected chi connectivity index (χ3v) is 6.09. The summed E-state index contributed by atoms with van der Waals surface area (Å²) < 4.78 is 5.98. The van der Waals surface area contributed by atoms with E-state index in [9.17, 15) is 4.79 Å². The molecule has 0 amide bonds. The summed E-state index contributed by atoms with van der Waals surface area (Å²) in [5, 5.41) is 0. The Hall–Kier alpha value is -0.690. The van der Waals surface area contributed by atoms with Gasteiger partial charge in [0.15, 0.2) is 0 Å². The Balaban J connectivity index is 1.47. The van der Waals surface area contributed by atoms with Gasteiger partial charge in [-0.2, -0.15) is 0 Å². The Bertz CT molecular complexity index is 438. The van der Waals surface area contributed by atoms with Crippen molar-refractivity contribution in [3.8, 4) is 0 Å². The molecule has 2 saturated carbocycles. The van der Waals surface area contributed by atoms with Crippen molar-refractivity contribution in [1.29, 1.82) is 0 Å². The van der Waals surface area contributed by atoms with Gasteiger partial charge in [0.2, 0.25) is 0 Å². The second kappa shape index (κ2) is 6.31. The monoisotopic (exact) mass is 326 g/mol. The normalized spacial score (nSPS) is 44.0. The van der Waals surface area contributed by atoms with Crippen molar-refractivity contribution in [2.75, 3.05) is 13.2 Å². The molecular formula is C17H26O6. The third kappa shape index (κ3) is 2.80. The summed E-state index contributed by atoms with van der Waals surface area (Å²) in [4.78, 5) is 34.3. The van der Waals surface area contributed by atoms with Crippen molar-refractivity contribution >= 4 is 5.97 Å². The topological polar surface area (TPSA) is 63.2 Å². The Kier molecular flexibility index (Phi) is 4.34. The van der Waals surface area contributed by atoms with Gasteiger partial charge in [-0.15, -0.1) is 0 Å². The van der Waals surface area contributed by atoms with Gasteiger partial charge in [-0.05, 0) is 32.1 Å². The number of ether oxygens (including phenoxy) is 1. The number of hydrogen-bond donors (Lipinski definition) is 0. The van der Waals surface area contributed by atoms with Crippen LogP contribution in [0.2, 0.25) is 0 Å². The molecule has 130 valence electrons. The maximum Gasteiger partial charge on any atom is 0.312 e. The van der Waals surface area contributed by atoms with Crippen LogP contribution in [0.3, 0.4) is 0 Å². The lowest BCUT2D eigenvalue weighted by Gasteiger charge is -2.41. The van der Waals surface area contributed by atoms with E-state index in [1.807, 2.05) is 0 Å². The lowest BCUT2D eigenvalue weighted by molar-refractivity contribution is -0.337. The Morgan fingerprint density at radius 1 is 0.826 bits per heavy atom. The molecule has 6 nitrogen and oxygen atoms in total. The Morgan fingerprint density at radius 2 is 1.48 bits per heavy atom. The first kappa shape index (κ1) is 15.8.